The van der Waals surface area contributed by atoms with E-state index in [1.807, 2.05) is 0 Å². The first-order chi connectivity index (χ1) is 12.3. The lowest BCUT2D eigenvalue weighted by molar-refractivity contribution is -0.0707. The number of benzene rings is 1. The molecule has 0 spiro atoms. The van der Waals surface area contributed by atoms with Crippen LogP contribution in [0.5, 0.6) is 5.75 Å². The molecule has 1 unspecified atom stereocenters. The minimum absolute atomic E-state index is 0.173. The number of hydrogen-bond acceptors (Lipinski definition) is 2. The molecule has 4 aliphatic rings. The molecule has 1 aromatic rings. The zero-order chi connectivity index (χ0) is 18.5. The average Bonchev–Trinajstić information content (AvgIpc) is 2.53. The third kappa shape index (κ3) is 3.75. The monoisotopic (exact) mass is 483 g/mol. The largest absolute Gasteiger partial charge is 0.489 e. The van der Waals surface area contributed by atoms with Crippen molar-refractivity contribution >= 4 is 31.9 Å². The highest BCUT2D eigenvalue weighted by molar-refractivity contribution is 9.11. The van der Waals surface area contributed by atoms with E-state index in [4.69, 9.17) is 4.74 Å². The van der Waals surface area contributed by atoms with E-state index in [2.05, 4.69) is 70.1 Å². The minimum atomic E-state index is 0.173. The van der Waals surface area contributed by atoms with Gasteiger partial charge in [-0.1, -0.05) is 15.9 Å². The number of ether oxygens (including phenoxy) is 1. The predicted octanol–water partition coefficient (Wildman–Crippen LogP) is 6.69. The third-order valence-corrected chi connectivity index (χ3v) is 8.09. The summed E-state index contributed by atoms with van der Waals surface area (Å²) < 4.78 is 8.23. The average molecular weight is 485 g/mol. The molecule has 0 amide bonds. The molecule has 1 atom stereocenters. The van der Waals surface area contributed by atoms with Gasteiger partial charge in [0.15, 0.2) is 0 Å². The molecule has 144 valence electrons. The molecule has 0 heterocycles. The fraction of sp³-hybridized carbons (Fsp3) is 0.727. The lowest BCUT2D eigenvalue weighted by Crippen LogP contribution is -2.54. The molecule has 0 radical (unpaired) electrons. The van der Waals surface area contributed by atoms with Crippen LogP contribution in [0.15, 0.2) is 21.1 Å². The van der Waals surface area contributed by atoms with E-state index in [1.165, 1.54) is 44.1 Å². The zero-order valence-electron chi connectivity index (χ0n) is 16.2. The van der Waals surface area contributed by atoms with Crippen LogP contribution in [0, 0.1) is 23.2 Å². The second-order valence-electron chi connectivity index (χ2n) is 9.42. The quantitative estimate of drug-likeness (QED) is 0.485. The molecule has 4 fully saturated rings. The van der Waals surface area contributed by atoms with Crippen molar-refractivity contribution in [2.24, 2.45) is 23.2 Å². The predicted molar refractivity (Wildman–Crippen MR) is 115 cm³/mol. The Morgan fingerprint density at radius 2 is 1.62 bits per heavy atom. The molecule has 4 aliphatic carbocycles. The number of rotatable bonds is 6. The van der Waals surface area contributed by atoms with Crippen molar-refractivity contribution in [3.63, 3.8) is 0 Å². The van der Waals surface area contributed by atoms with Crippen LogP contribution in [0.3, 0.4) is 0 Å². The van der Waals surface area contributed by atoms with E-state index in [0.717, 1.165) is 39.0 Å². The van der Waals surface area contributed by atoms with Crippen LogP contribution >= 0.6 is 31.9 Å². The molecule has 0 aliphatic heterocycles. The van der Waals surface area contributed by atoms with Crippen LogP contribution in [0.25, 0.3) is 0 Å². The first-order valence-electron chi connectivity index (χ1n) is 10.2. The van der Waals surface area contributed by atoms with Crippen LogP contribution in [-0.2, 0) is 6.54 Å². The Morgan fingerprint density at radius 3 is 2.15 bits per heavy atom. The molecule has 0 aromatic heterocycles. The fourth-order valence-corrected chi connectivity index (χ4v) is 7.71. The van der Waals surface area contributed by atoms with Gasteiger partial charge in [0.2, 0.25) is 0 Å². The Kier molecular flexibility index (Phi) is 5.49. The Labute approximate surface area is 175 Å². The number of halogens is 2. The first kappa shape index (κ1) is 19.3. The Morgan fingerprint density at radius 1 is 1.04 bits per heavy atom. The Balaban J connectivity index is 1.49. The van der Waals surface area contributed by atoms with Crippen LogP contribution in [0.1, 0.15) is 64.9 Å². The zero-order valence-corrected chi connectivity index (χ0v) is 19.3. The van der Waals surface area contributed by atoms with Gasteiger partial charge in [-0.3, -0.25) is 0 Å². The standard InChI is InChI=1S/C22H31Br2NO/c1-13(2)26-21-18(7-19(23)8-20(21)24)12-25-14(3)22-9-15-4-16(10-22)6-17(5-15)11-22/h7-8,13-17,25H,4-6,9-12H2,1-3H3. The summed E-state index contributed by atoms with van der Waals surface area (Å²) in [5.74, 6) is 3.99. The van der Waals surface area contributed by atoms with Gasteiger partial charge in [-0.05, 0) is 111 Å². The van der Waals surface area contributed by atoms with Crippen LogP contribution in [0.4, 0.5) is 0 Å². The van der Waals surface area contributed by atoms with Gasteiger partial charge >= 0.3 is 0 Å². The number of hydrogen-bond donors (Lipinski definition) is 1. The SMILES string of the molecule is CC(C)Oc1c(Br)cc(Br)cc1CNC(C)C12CC3CC(CC(C3)C1)C2. The third-order valence-electron chi connectivity index (χ3n) is 7.04. The summed E-state index contributed by atoms with van der Waals surface area (Å²) in [6.45, 7) is 7.47. The molecule has 4 heteroatoms. The van der Waals surface area contributed by atoms with Gasteiger partial charge in [-0.2, -0.15) is 0 Å². The van der Waals surface area contributed by atoms with Crippen molar-refractivity contribution in [3.8, 4) is 5.75 Å². The van der Waals surface area contributed by atoms with Crippen LogP contribution in [0.2, 0.25) is 0 Å². The van der Waals surface area contributed by atoms with Gasteiger partial charge in [-0.25, -0.2) is 0 Å². The van der Waals surface area contributed by atoms with Crippen molar-refractivity contribution in [3.05, 3.63) is 26.6 Å². The van der Waals surface area contributed by atoms with Crippen molar-refractivity contribution in [1.82, 2.24) is 5.32 Å². The lowest BCUT2D eigenvalue weighted by atomic mass is 9.48. The maximum absolute atomic E-state index is 6.10. The fourth-order valence-electron chi connectivity index (χ4n) is 6.30. The van der Waals surface area contributed by atoms with Crippen molar-refractivity contribution in [1.29, 1.82) is 0 Å². The minimum Gasteiger partial charge on any atom is -0.489 e. The van der Waals surface area contributed by atoms with Crippen molar-refractivity contribution < 1.29 is 4.74 Å². The summed E-state index contributed by atoms with van der Waals surface area (Å²) in [5, 5.41) is 3.90. The second-order valence-corrected chi connectivity index (χ2v) is 11.2. The van der Waals surface area contributed by atoms with Gasteiger partial charge < -0.3 is 10.1 Å². The second kappa shape index (κ2) is 7.40. The number of nitrogens with one attached hydrogen (secondary N) is 1. The maximum atomic E-state index is 6.10. The highest BCUT2D eigenvalue weighted by Crippen LogP contribution is 2.61. The van der Waals surface area contributed by atoms with E-state index in [9.17, 15) is 0 Å². The van der Waals surface area contributed by atoms with E-state index in [-0.39, 0.29) is 6.10 Å². The highest BCUT2D eigenvalue weighted by Gasteiger charge is 2.52. The van der Waals surface area contributed by atoms with Crippen LogP contribution < -0.4 is 10.1 Å². The Hall–Kier alpha value is -0.0600. The molecular weight excluding hydrogens is 454 g/mol. The molecule has 5 rings (SSSR count). The highest BCUT2D eigenvalue weighted by atomic mass is 79.9. The van der Waals surface area contributed by atoms with E-state index in [0.29, 0.717) is 11.5 Å². The molecule has 1 aromatic carbocycles. The van der Waals surface area contributed by atoms with Gasteiger partial charge in [0.1, 0.15) is 5.75 Å². The normalized spacial score (nSPS) is 33.7. The summed E-state index contributed by atoms with van der Waals surface area (Å²) in [5.41, 5.74) is 1.77. The van der Waals surface area contributed by atoms with Gasteiger partial charge in [0, 0.05) is 22.6 Å². The molecule has 0 saturated heterocycles. The van der Waals surface area contributed by atoms with Crippen molar-refractivity contribution in [2.45, 2.75) is 78.0 Å². The summed E-state index contributed by atoms with van der Waals surface area (Å²) >= 11 is 7.32. The van der Waals surface area contributed by atoms with Gasteiger partial charge in [0.25, 0.3) is 0 Å². The molecule has 4 bridgehead atoms. The summed E-state index contributed by atoms with van der Waals surface area (Å²) in [4.78, 5) is 0. The first-order valence-corrected chi connectivity index (χ1v) is 11.8. The van der Waals surface area contributed by atoms with E-state index >= 15 is 0 Å². The summed E-state index contributed by atoms with van der Waals surface area (Å²) in [6.07, 6.45) is 9.05. The van der Waals surface area contributed by atoms with E-state index < -0.39 is 0 Å². The smallest absolute Gasteiger partial charge is 0.138 e. The molecule has 4 saturated carbocycles. The lowest BCUT2D eigenvalue weighted by Gasteiger charge is -2.59. The Bertz CT molecular complexity index is 637. The molecule has 2 nitrogen and oxygen atoms in total. The van der Waals surface area contributed by atoms with E-state index in [1.54, 1.807) is 0 Å². The molecule has 26 heavy (non-hydrogen) atoms. The molecular formula is C22H31Br2NO. The summed E-state index contributed by atoms with van der Waals surface area (Å²) in [6, 6.07) is 4.84. The van der Waals surface area contributed by atoms with Crippen LogP contribution in [-0.4, -0.2) is 12.1 Å². The molecule has 1 N–H and O–H groups in total. The topological polar surface area (TPSA) is 21.3 Å². The van der Waals surface area contributed by atoms with Gasteiger partial charge in [-0.15, -0.1) is 0 Å². The van der Waals surface area contributed by atoms with Crippen molar-refractivity contribution in [2.75, 3.05) is 0 Å². The summed E-state index contributed by atoms with van der Waals surface area (Å²) in [7, 11) is 0. The maximum Gasteiger partial charge on any atom is 0.138 e. The van der Waals surface area contributed by atoms with Gasteiger partial charge in [0.05, 0.1) is 10.6 Å².